The Morgan fingerprint density at radius 2 is 2.04 bits per heavy atom. The SMILES string of the molecule is CCOc1ccc(C)cc1S(=O)(=O)NCC1CCN(C(=O)c2ccoc2)CC1. The predicted octanol–water partition coefficient (Wildman–Crippen LogP) is 2.82. The van der Waals surface area contributed by atoms with Crippen LogP contribution in [0.2, 0.25) is 0 Å². The van der Waals surface area contributed by atoms with E-state index < -0.39 is 10.0 Å². The lowest BCUT2D eigenvalue weighted by Crippen LogP contribution is -2.41. The van der Waals surface area contributed by atoms with Crippen LogP contribution >= 0.6 is 0 Å². The number of amides is 1. The lowest BCUT2D eigenvalue weighted by atomic mass is 9.97. The van der Waals surface area contributed by atoms with Gasteiger partial charge in [0, 0.05) is 19.6 Å². The van der Waals surface area contributed by atoms with E-state index in [0.717, 1.165) is 18.4 Å². The zero-order valence-corrected chi connectivity index (χ0v) is 17.0. The number of nitrogens with one attached hydrogen (secondary N) is 1. The van der Waals surface area contributed by atoms with Crippen LogP contribution < -0.4 is 9.46 Å². The van der Waals surface area contributed by atoms with Crippen molar-refractivity contribution in [3.63, 3.8) is 0 Å². The van der Waals surface area contributed by atoms with E-state index in [0.29, 0.717) is 37.6 Å². The normalized spacial score (nSPS) is 15.6. The second-order valence-corrected chi connectivity index (χ2v) is 8.72. The summed E-state index contributed by atoms with van der Waals surface area (Å²) in [5, 5.41) is 0. The number of carbonyl (C=O) groups excluding carboxylic acids is 1. The van der Waals surface area contributed by atoms with E-state index in [1.165, 1.54) is 12.5 Å². The van der Waals surface area contributed by atoms with E-state index in [1.54, 1.807) is 23.1 Å². The Morgan fingerprint density at radius 1 is 1.29 bits per heavy atom. The number of hydrogen-bond acceptors (Lipinski definition) is 5. The largest absolute Gasteiger partial charge is 0.492 e. The first-order valence-electron chi connectivity index (χ1n) is 9.45. The molecule has 1 amide bonds. The molecule has 28 heavy (non-hydrogen) atoms. The van der Waals surface area contributed by atoms with Crippen molar-refractivity contribution < 1.29 is 22.4 Å². The van der Waals surface area contributed by atoms with Crippen LogP contribution in [0.3, 0.4) is 0 Å². The highest BCUT2D eigenvalue weighted by Crippen LogP contribution is 2.26. The Balaban J connectivity index is 1.58. The molecule has 8 heteroatoms. The first-order valence-corrected chi connectivity index (χ1v) is 10.9. The summed E-state index contributed by atoms with van der Waals surface area (Å²) in [7, 11) is -3.67. The molecule has 0 aliphatic carbocycles. The molecule has 0 atom stereocenters. The van der Waals surface area contributed by atoms with Crippen molar-refractivity contribution in [3.8, 4) is 5.75 Å². The fourth-order valence-electron chi connectivity index (χ4n) is 3.31. The van der Waals surface area contributed by atoms with Gasteiger partial charge in [-0.2, -0.15) is 0 Å². The van der Waals surface area contributed by atoms with Crippen molar-refractivity contribution in [1.82, 2.24) is 9.62 Å². The van der Waals surface area contributed by atoms with Gasteiger partial charge >= 0.3 is 0 Å². The molecule has 0 bridgehead atoms. The third-order valence-electron chi connectivity index (χ3n) is 4.92. The van der Waals surface area contributed by atoms with Crippen molar-refractivity contribution in [2.75, 3.05) is 26.2 Å². The number of rotatable bonds is 7. The number of sulfonamides is 1. The van der Waals surface area contributed by atoms with E-state index in [2.05, 4.69) is 4.72 Å². The Kier molecular flexibility index (Phi) is 6.41. The number of nitrogens with zero attached hydrogens (tertiary/aromatic N) is 1. The van der Waals surface area contributed by atoms with E-state index in [-0.39, 0.29) is 16.7 Å². The van der Waals surface area contributed by atoms with Crippen LogP contribution in [-0.4, -0.2) is 45.5 Å². The highest BCUT2D eigenvalue weighted by atomic mass is 32.2. The minimum atomic E-state index is -3.67. The minimum absolute atomic E-state index is 0.0473. The van der Waals surface area contributed by atoms with Crippen LogP contribution in [0, 0.1) is 12.8 Å². The number of benzene rings is 1. The standard InChI is InChI=1S/C20H26N2O5S/c1-3-27-18-5-4-15(2)12-19(18)28(24,25)21-13-16-6-9-22(10-7-16)20(23)17-8-11-26-14-17/h4-5,8,11-12,14,16,21H,3,6-7,9-10,13H2,1-2H3. The van der Waals surface area contributed by atoms with Gasteiger partial charge in [-0.1, -0.05) is 6.07 Å². The Morgan fingerprint density at radius 3 is 2.68 bits per heavy atom. The molecular weight excluding hydrogens is 380 g/mol. The minimum Gasteiger partial charge on any atom is -0.492 e. The van der Waals surface area contributed by atoms with Crippen LogP contribution in [0.15, 0.2) is 46.1 Å². The van der Waals surface area contributed by atoms with Crippen molar-refractivity contribution in [2.45, 2.75) is 31.6 Å². The molecule has 0 radical (unpaired) electrons. The molecule has 1 aromatic carbocycles. The van der Waals surface area contributed by atoms with Crippen LogP contribution in [0.4, 0.5) is 0 Å². The molecule has 1 aliphatic heterocycles. The second-order valence-electron chi connectivity index (χ2n) is 6.98. The number of carbonyl (C=O) groups is 1. The molecule has 3 rings (SSSR count). The summed E-state index contributed by atoms with van der Waals surface area (Å²) in [4.78, 5) is 14.3. The smallest absolute Gasteiger partial charge is 0.257 e. The lowest BCUT2D eigenvalue weighted by molar-refractivity contribution is 0.0691. The van der Waals surface area contributed by atoms with Gasteiger partial charge in [0.2, 0.25) is 10.0 Å². The first-order chi connectivity index (χ1) is 13.4. The Hall–Kier alpha value is -2.32. The van der Waals surface area contributed by atoms with Gasteiger partial charge in [-0.25, -0.2) is 13.1 Å². The van der Waals surface area contributed by atoms with E-state index >= 15 is 0 Å². The number of likely N-dealkylation sites (tertiary alicyclic amines) is 1. The summed E-state index contributed by atoms with van der Waals surface area (Å²) < 4.78 is 38.7. The molecule has 1 aliphatic rings. The van der Waals surface area contributed by atoms with Crippen LogP contribution in [0.25, 0.3) is 0 Å². The fourth-order valence-corrected chi connectivity index (χ4v) is 4.66. The molecule has 2 heterocycles. The molecule has 0 unspecified atom stereocenters. The summed E-state index contributed by atoms with van der Waals surface area (Å²) in [6.45, 7) is 5.62. The van der Waals surface area contributed by atoms with Gasteiger partial charge in [0.15, 0.2) is 0 Å². The first kappa shape index (κ1) is 20.4. The molecular formula is C20H26N2O5S. The van der Waals surface area contributed by atoms with Crippen molar-refractivity contribution >= 4 is 15.9 Å². The molecule has 152 valence electrons. The monoisotopic (exact) mass is 406 g/mol. The molecule has 2 aromatic rings. The summed E-state index contributed by atoms with van der Waals surface area (Å²) in [6.07, 6.45) is 4.42. The van der Waals surface area contributed by atoms with Crippen molar-refractivity contribution in [3.05, 3.63) is 47.9 Å². The van der Waals surface area contributed by atoms with E-state index in [4.69, 9.17) is 9.15 Å². The Labute approximate surface area is 165 Å². The molecule has 1 saturated heterocycles. The molecule has 1 N–H and O–H groups in total. The zero-order chi connectivity index (χ0) is 20.1. The topological polar surface area (TPSA) is 88.9 Å². The molecule has 1 fully saturated rings. The summed E-state index contributed by atoms with van der Waals surface area (Å²) >= 11 is 0. The molecule has 0 spiro atoms. The summed E-state index contributed by atoms with van der Waals surface area (Å²) in [5.74, 6) is 0.499. The van der Waals surface area contributed by atoms with Crippen LogP contribution in [0.1, 0.15) is 35.7 Å². The van der Waals surface area contributed by atoms with Gasteiger partial charge in [-0.15, -0.1) is 0 Å². The summed E-state index contributed by atoms with van der Waals surface area (Å²) in [6, 6.07) is 6.80. The van der Waals surface area contributed by atoms with Gasteiger partial charge in [-0.3, -0.25) is 4.79 Å². The zero-order valence-electron chi connectivity index (χ0n) is 16.2. The number of hydrogen-bond donors (Lipinski definition) is 1. The maximum absolute atomic E-state index is 12.8. The molecule has 1 aromatic heterocycles. The maximum Gasteiger partial charge on any atom is 0.257 e. The van der Waals surface area contributed by atoms with Crippen molar-refractivity contribution in [1.29, 1.82) is 0 Å². The van der Waals surface area contributed by atoms with Gasteiger partial charge in [0.25, 0.3) is 5.91 Å². The highest BCUT2D eigenvalue weighted by molar-refractivity contribution is 7.89. The van der Waals surface area contributed by atoms with Crippen molar-refractivity contribution in [2.24, 2.45) is 5.92 Å². The predicted molar refractivity (Wildman–Crippen MR) is 105 cm³/mol. The molecule has 0 saturated carbocycles. The number of aryl methyl sites for hydroxylation is 1. The average molecular weight is 407 g/mol. The maximum atomic E-state index is 12.8. The van der Waals surface area contributed by atoms with Gasteiger partial charge in [0.1, 0.15) is 16.9 Å². The van der Waals surface area contributed by atoms with E-state index in [1.807, 2.05) is 19.9 Å². The highest BCUT2D eigenvalue weighted by Gasteiger charge is 2.26. The van der Waals surface area contributed by atoms with Gasteiger partial charge in [0.05, 0.1) is 18.4 Å². The number of ether oxygens (including phenoxy) is 1. The van der Waals surface area contributed by atoms with Crippen LogP contribution in [-0.2, 0) is 10.0 Å². The van der Waals surface area contributed by atoms with Gasteiger partial charge < -0.3 is 14.1 Å². The van der Waals surface area contributed by atoms with Crippen LogP contribution in [0.5, 0.6) is 5.75 Å². The van der Waals surface area contributed by atoms with Gasteiger partial charge in [-0.05, 0) is 56.4 Å². The summed E-state index contributed by atoms with van der Waals surface area (Å²) in [5.41, 5.74) is 1.40. The fraction of sp³-hybridized carbons (Fsp3) is 0.450. The Bertz CT molecular complexity index is 901. The third kappa shape index (κ3) is 4.74. The lowest BCUT2D eigenvalue weighted by Gasteiger charge is -2.31. The average Bonchev–Trinajstić information content (AvgIpc) is 3.22. The second kappa shape index (κ2) is 8.79. The van der Waals surface area contributed by atoms with E-state index in [9.17, 15) is 13.2 Å². The molecule has 7 nitrogen and oxygen atoms in total. The number of piperidine rings is 1. The quantitative estimate of drug-likeness (QED) is 0.764. The third-order valence-corrected chi connectivity index (χ3v) is 6.37. The number of furan rings is 1.